The molecule has 9 nitrogen and oxygen atoms in total. The second-order valence-corrected chi connectivity index (χ2v) is 7.39. The first-order valence-corrected chi connectivity index (χ1v) is 9.26. The number of piperidine rings is 1. The molecule has 2 atom stereocenters. The van der Waals surface area contributed by atoms with Gasteiger partial charge >= 0.3 is 0 Å². The van der Waals surface area contributed by atoms with E-state index in [1.807, 2.05) is 12.3 Å². The number of aryl methyl sites for hydroxylation is 1. The molecule has 1 saturated heterocycles. The highest BCUT2D eigenvalue weighted by Gasteiger charge is 2.30. The Balaban J connectivity index is 1.36. The van der Waals surface area contributed by atoms with Crippen molar-refractivity contribution in [2.24, 2.45) is 0 Å². The number of fused-ring (bicyclic) bond motifs is 1. The van der Waals surface area contributed by atoms with Crippen LogP contribution in [0, 0.1) is 6.92 Å². The molecule has 1 aliphatic rings. The van der Waals surface area contributed by atoms with Gasteiger partial charge in [0.1, 0.15) is 0 Å². The average Bonchev–Trinajstić information content (AvgIpc) is 3.23. The molecule has 3 aromatic rings. The van der Waals surface area contributed by atoms with E-state index in [1.54, 1.807) is 29.8 Å². The number of nitrogens with zero attached hydrogens (tertiary/aromatic N) is 6. The third-order valence-electron chi connectivity index (χ3n) is 4.35. The lowest BCUT2D eigenvalue weighted by atomic mass is 10.0. The van der Waals surface area contributed by atoms with E-state index in [2.05, 4.69) is 30.3 Å². The van der Waals surface area contributed by atoms with E-state index in [-0.39, 0.29) is 11.9 Å². The number of aliphatic hydroxyl groups excluding tert-OH is 1. The molecule has 0 radical (unpaired) electrons. The highest BCUT2D eigenvalue weighted by molar-refractivity contribution is 7.09. The molecule has 2 N–H and O–H groups in total. The summed E-state index contributed by atoms with van der Waals surface area (Å²) in [5.74, 6) is 0.0194. The number of amides is 1. The summed E-state index contributed by atoms with van der Waals surface area (Å²) in [5.41, 5.74) is 1.02. The van der Waals surface area contributed by atoms with Gasteiger partial charge in [0.05, 0.1) is 22.8 Å². The summed E-state index contributed by atoms with van der Waals surface area (Å²) in [5, 5.41) is 20.5. The van der Waals surface area contributed by atoms with Gasteiger partial charge in [-0.2, -0.15) is 4.98 Å². The van der Waals surface area contributed by atoms with Crippen molar-refractivity contribution in [3.63, 3.8) is 0 Å². The highest BCUT2D eigenvalue weighted by atomic mass is 32.1. The van der Waals surface area contributed by atoms with Crippen molar-refractivity contribution in [2.45, 2.75) is 32.0 Å². The SMILES string of the molecule is Cc1nc(CN2CC[C@@H](NC(=O)c3nc4ncccn4n3)[C@H](O)C2)cs1. The fraction of sp³-hybridized carbons (Fsp3) is 0.438. The van der Waals surface area contributed by atoms with Crippen LogP contribution in [0.4, 0.5) is 0 Å². The summed E-state index contributed by atoms with van der Waals surface area (Å²) < 4.78 is 1.45. The first-order valence-electron chi connectivity index (χ1n) is 8.38. The molecular formula is C16H19N7O2S. The number of thiazole rings is 1. The second-order valence-electron chi connectivity index (χ2n) is 6.33. The number of aromatic nitrogens is 5. The lowest BCUT2D eigenvalue weighted by molar-refractivity contribution is 0.0343. The number of β-amino-alcohol motifs (C(OH)–C–C–N with tert-alkyl or cyclic N) is 1. The van der Waals surface area contributed by atoms with E-state index in [4.69, 9.17) is 0 Å². The van der Waals surface area contributed by atoms with Gasteiger partial charge < -0.3 is 10.4 Å². The number of carbonyl (C=O) groups excluding carboxylic acids is 1. The Morgan fingerprint density at radius 1 is 1.46 bits per heavy atom. The number of likely N-dealkylation sites (tertiary alicyclic amines) is 1. The van der Waals surface area contributed by atoms with Gasteiger partial charge in [0, 0.05) is 37.4 Å². The number of aliphatic hydroxyl groups is 1. The number of hydrogen-bond donors (Lipinski definition) is 2. The molecule has 4 rings (SSSR count). The smallest absolute Gasteiger partial charge is 0.291 e. The summed E-state index contributed by atoms with van der Waals surface area (Å²) in [4.78, 5) is 27.2. The zero-order chi connectivity index (χ0) is 18.1. The van der Waals surface area contributed by atoms with Gasteiger partial charge in [-0.25, -0.2) is 14.5 Å². The van der Waals surface area contributed by atoms with Crippen LogP contribution in [0.3, 0.4) is 0 Å². The maximum Gasteiger partial charge on any atom is 0.291 e. The first kappa shape index (κ1) is 17.0. The fourth-order valence-corrected chi connectivity index (χ4v) is 3.68. The summed E-state index contributed by atoms with van der Waals surface area (Å²) in [6.45, 7) is 3.95. The molecule has 0 saturated carbocycles. The summed E-state index contributed by atoms with van der Waals surface area (Å²) in [6, 6.07) is 1.39. The van der Waals surface area contributed by atoms with Gasteiger partial charge in [0.15, 0.2) is 0 Å². The predicted octanol–water partition coefficient (Wildman–Crippen LogP) is 0.254. The molecule has 0 spiro atoms. The largest absolute Gasteiger partial charge is 0.390 e. The Kier molecular flexibility index (Phi) is 4.62. The number of hydrogen-bond acceptors (Lipinski definition) is 8. The Labute approximate surface area is 153 Å². The van der Waals surface area contributed by atoms with Crippen LogP contribution < -0.4 is 5.32 Å². The minimum absolute atomic E-state index is 0.0521. The molecule has 10 heteroatoms. The van der Waals surface area contributed by atoms with Gasteiger partial charge in [-0.1, -0.05) is 0 Å². The lowest BCUT2D eigenvalue weighted by Gasteiger charge is -2.35. The topological polar surface area (TPSA) is 109 Å². The van der Waals surface area contributed by atoms with Crippen molar-refractivity contribution in [3.05, 3.63) is 40.4 Å². The first-order chi connectivity index (χ1) is 12.6. The van der Waals surface area contributed by atoms with Crippen LogP contribution in [-0.2, 0) is 6.54 Å². The summed E-state index contributed by atoms with van der Waals surface area (Å²) in [6.07, 6.45) is 3.28. The van der Waals surface area contributed by atoms with Crippen LogP contribution in [0.2, 0.25) is 0 Å². The lowest BCUT2D eigenvalue weighted by Crippen LogP contribution is -2.53. The molecule has 1 aliphatic heterocycles. The molecular weight excluding hydrogens is 354 g/mol. The van der Waals surface area contributed by atoms with Gasteiger partial charge in [0.2, 0.25) is 5.82 Å². The molecule has 0 unspecified atom stereocenters. The van der Waals surface area contributed by atoms with Crippen LogP contribution >= 0.6 is 11.3 Å². The zero-order valence-corrected chi connectivity index (χ0v) is 15.1. The van der Waals surface area contributed by atoms with Gasteiger partial charge in [-0.3, -0.25) is 9.69 Å². The third-order valence-corrected chi connectivity index (χ3v) is 5.18. The van der Waals surface area contributed by atoms with E-state index >= 15 is 0 Å². The Morgan fingerprint density at radius 2 is 2.35 bits per heavy atom. The van der Waals surface area contributed by atoms with Crippen molar-refractivity contribution < 1.29 is 9.90 Å². The Bertz CT molecular complexity index is 891. The van der Waals surface area contributed by atoms with Gasteiger partial charge in [-0.15, -0.1) is 16.4 Å². The maximum atomic E-state index is 12.4. The molecule has 4 heterocycles. The predicted molar refractivity (Wildman–Crippen MR) is 94.8 cm³/mol. The van der Waals surface area contributed by atoms with Crippen molar-refractivity contribution in [1.82, 2.24) is 34.8 Å². The molecule has 0 bridgehead atoms. The van der Waals surface area contributed by atoms with Crippen LogP contribution in [0.5, 0.6) is 0 Å². The molecule has 0 aliphatic carbocycles. The zero-order valence-electron chi connectivity index (χ0n) is 14.2. The quantitative estimate of drug-likeness (QED) is 0.675. The highest BCUT2D eigenvalue weighted by Crippen LogP contribution is 2.16. The maximum absolute atomic E-state index is 12.4. The standard InChI is InChI=1S/C16H19N7O2S/c1-10-18-11(9-26-10)7-22-6-3-12(13(24)8-22)19-15(25)14-20-16-17-4-2-5-23(16)21-14/h2,4-5,9,12-13,24H,3,6-8H2,1H3,(H,19,25)/t12-,13-/m1/s1. The van der Waals surface area contributed by atoms with Crippen molar-refractivity contribution in [1.29, 1.82) is 0 Å². The fourth-order valence-electron chi connectivity index (χ4n) is 3.08. The molecule has 3 aromatic heterocycles. The van der Waals surface area contributed by atoms with Crippen molar-refractivity contribution in [2.75, 3.05) is 13.1 Å². The molecule has 136 valence electrons. The van der Waals surface area contributed by atoms with Gasteiger partial charge in [0.25, 0.3) is 11.7 Å². The number of nitrogens with one attached hydrogen (secondary N) is 1. The summed E-state index contributed by atoms with van der Waals surface area (Å²) in [7, 11) is 0. The van der Waals surface area contributed by atoms with Crippen molar-refractivity contribution in [3.8, 4) is 0 Å². The Morgan fingerprint density at radius 3 is 3.08 bits per heavy atom. The third kappa shape index (κ3) is 3.57. The van der Waals surface area contributed by atoms with Crippen molar-refractivity contribution >= 4 is 23.0 Å². The summed E-state index contributed by atoms with van der Waals surface area (Å²) >= 11 is 1.62. The molecule has 26 heavy (non-hydrogen) atoms. The number of carbonyl (C=O) groups is 1. The molecule has 0 aromatic carbocycles. The monoisotopic (exact) mass is 373 g/mol. The van der Waals surface area contributed by atoms with E-state index in [0.717, 1.165) is 17.2 Å². The van der Waals surface area contributed by atoms with Crippen LogP contribution in [-0.4, -0.2) is 65.7 Å². The molecule has 1 amide bonds. The van der Waals surface area contributed by atoms with E-state index in [0.29, 0.717) is 25.3 Å². The van der Waals surface area contributed by atoms with E-state index in [1.165, 1.54) is 4.52 Å². The minimum atomic E-state index is -0.650. The van der Waals surface area contributed by atoms with Crippen LogP contribution in [0.15, 0.2) is 23.8 Å². The molecule has 1 fully saturated rings. The second kappa shape index (κ2) is 7.06. The van der Waals surface area contributed by atoms with E-state index < -0.39 is 12.0 Å². The average molecular weight is 373 g/mol. The Hall–Kier alpha value is -2.43. The number of rotatable bonds is 4. The van der Waals surface area contributed by atoms with Gasteiger partial charge in [-0.05, 0) is 19.4 Å². The van der Waals surface area contributed by atoms with Crippen LogP contribution in [0.1, 0.15) is 27.7 Å². The minimum Gasteiger partial charge on any atom is -0.390 e. The van der Waals surface area contributed by atoms with Crippen LogP contribution in [0.25, 0.3) is 5.78 Å². The normalized spacial score (nSPS) is 21.2. The van der Waals surface area contributed by atoms with E-state index in [9.17, 15) is 9.90 Å².